The average Bonchev–Trinajstić information content (AvgIpc) is 2.76. The Balaban J connectivity index is 2.21. The molecule has 4 heteroatoms. The fourth-order valence-corrected chi connectivity index (χ4v) is 1.66. The Kier molecular flexibility index (Phi) is 3.51. The van der Waals surface area contributed by atoms with Gasteiger partial charge in [0.1, 0.15) is 5.78 Å². The topological polar surface area (TPSA) is 56.0 Å². The Morgan fingerprint density at radius 1 is 1.26 bits per heavy atom. The molecule has 1 aromatic carbocycles. The highest BCUT2D eigenvalue weighted by Gasteiger charge is 2.24. The van der Waals surface area contributed by atoms with Crippen LogP contribution in [-0.2, 0) is 11.2 Å². The van der Waals surface area contributed by atoms with Gasteiger partial charge in [-0.25, -0.2) is 0 Å². The molecule has 0 unspecified atom stereocenters. The third kappa shape index (κ3) is 3.08. The second-order valence-electron chi connectivity index (χ2n) is 5.68. The van der Waals surface area contributed by atoms with E-state index in [-0.39, 0.29) is 12.2 Å². The van der Waals surface area contributed by atoms with Gasteiger partial charge in [0.2, 0.25) is 11.7 Å². The van der Waals surface area contributed by atoms with E-state index in [0.29, 0.717) is 11.7 Å². The molecule has 0 N–H and O–H groups in total. The van der Waals surface area contributed by atoms with Crippen LogP contribution in [0.15, 0.2) is 28.8 Å². The highest BCUT2D eigenvalue weighted by Crippen LogP contribution is 2.21. The van der Waals surface area contributed by atoms with Crippen LogP contribution in [0.4, 0.5) is 0 Å². The summed E-state index contributed by atoms with van der Waals surface area (Å²) in [5.41, 5.74) is 1.62. The zero-order valence-electron chi connectivity index (χ0n) is 11.7. The van der Waals surface area contributed by atoms with E-state index in [1.807, 2.05) is 52.0 Å². The third-order valence-electron chi connectivity index (χ3n) is 3.00. The SMILES string of the molecule is Cc1ccccc1-c1noc(CC(=O)C(C)(C)C)n1. The number of Topliss-reactive ketones (excluding diaryl/α,β-unsaturated/α-hetero) is 1. The Morgan fingerprint density at radius 3 is 2.58 bits per heavy atom. The number of ketones is 1. The normalized spacial score (nSPS) is 11.6. The standard InChI is InChI=1S/C15H18N2O2/c1-10-7-5-6-8-11(10)14-16-13(19-17-14)9-12(18)15(2,3)4/h5-8H,9H2,1-4H3. The fourth-order valence-electron chi connectivity index (χ4n) is 1.66. The molecule has 4 nitrogen and oxygen atoms in total. The molecule has 0 radical (unpaired) electrons. The summed E-state index contributed by atoms with van der Waals surface area (Å²) < 4.78 is 5.16. The third-order valence-corrected chi connectivity index (χ3v) is 3.00. The summed E-state index contributed by atoms with van der Waals surface area (Å²) >= 11 is 0. The van der Waals surface area contributed by atoms with Crippen LogP contribution in [0.3, 0.4) is 0 Å². The van der Waals surface area contributed by atoms with Gasteiger partial charge in [-0.15, -0.1) is 0 Å². The van der Waals surface area contributed by atoms with Gasteiger partial charge in [0.25, 0.3) is 0 Å². The molecule has 0 saturated carbocycles. The summed E-state index contributed by atoms with van der Waals surface area (Å²) in [7, 11) is 0. The van der Waals surface area contributed by atoms with Crippen molar-refractivity contribution < 1.29 is 9.32 Å². The van der Waals surface area contributed by atoms with Crippen LogP contribution >= 0.6 is 0 Å². The van der Waals surface area contributed by atoms with Gasteiger partial charge < -0.3 is 4.52 Å². The summed E-state index contributed by atoms with van der Waals surface area (Å²) in [6.45, 7) is 7.64. The summed E-state index contributed by atoms with van der Waals surface area (Å²) in [5.74, 6) is 1.00. The van der Waals surface area contributed by atoms with Gasteiger partial charge >= 0.3 is 0 Å². The van der Waals surface area contributed by atoms with Crippen LogP contribution < -0.4 is 0 Å². The van der Waals surface area contributed by atoms with Crippen LogP contribution in [-0.4, -0.2) is 15.9 Å². The molecule has 0 bridgehead atoms. The average molecular weight is 258 g/mol. The molecule has 0 spiro atoms. The van der Waals surface area contributed by atoms with Crippen molar-refractivity contribution in [2.75, 3.05) is 0 Å². The highest BCUT2D eigenvalue weighted by molar-refractivity contribution is 5.85. The zero-order valence-corrected chi connectivity index (χ0v) is 11.7. The number of aromatic nitrogens is 2. The molecule has 19 heavy (non-hydrogen) atoms. The van der Waals surface area contributed by atoms with Crippen LogP contribution in [0.25, 0.3) is 11.4 Å². The molecule has 0 saturated heterocycles. The van der Waals surface area contributed by atoms with Gasteiger partial charge in [0.05, 0.1) is 6.42 Å². The number of rotatable bonds is 3. The van der Waals surface area contributed by atoms with Crippen molar-refractivity contribution >= 4 is 5.78 Å². The lowest BCUT2D eigenvalue weighted by molar-refractivity contribution is -0.125. The highest BCUT2D eigenvalue weighted by atomic mass is 16.5. The van der Waals surface area contributed by atoms with E-state index in [1.54, 1.807) is 0 Å². The lowest BCUT2D eigenvalue weighted by Gasteiger charge is -2.14. The van der Waals surface area contributed by atoms with Crippen molar-refractivity contribution in [3.05, 3.63) is 35.7 Å². The fraction of sp³-hybridized carbons (Fsp3) is 0.400. The van der Waals surface area contributed by atoms with E-state index >= 15 is 0 Å². The zero-order chi connectivity index (χ0) is 14.0. The van der Waals surface area contributed by atoms with Crippen molar-refractivity contribution in [2.45, 2.75) is 34.1 Å². The van der Waals surface area contributed by atoms with Gasteiger partial charge in [-0.05, 0) is 12.5 Å². The molecule has 0 fully saturated rings. The second kappa shape index (κ2) is 4.96. The number of carbonyl (C=O) groups excluding carboxylic acids is 1. The molecule has 1 heterocycles. The molecule has 0 aliphatic rings. The number of hydrogen-bond donors (Lipinski definition) is 0. The molecular weight excluding hydrogens is 240 g/mol. The maximum atomic E-state index is 11.9. The number of hydrogen-bond acceptors (Lipinski definition) is 4. The van der Waals surface area contributed by atoms with Gasteiger partial charge in [-0.1, -0.05) is 50.2 Å². The second-order valence-corrected chi connectivity index (χ2v) is 5.68. The summed E-state index contributed by atoms with van der Waals surface area (Å²) in [4.78, 5) is 16.2. The van der Waals surface area contributed by atoms with Crippen LogP contribution in [0.5, 0.6) is 0 Å². The van der Waals surface area contributed by atoms with Crippen LogP contribution in [0.1, 0.15) is 32.2 Å². The predicted molar refractivity (Wildman–Crippen MR) is 72.6 cm³/mol. The van der Waals surface area contributed by atoms with Crippen molar-refractivity contribution in [1.82, 2.24) is 10.1 Å². The van der Waals surface area contributed by atoms with Crippen molar-refractivity contribution in [2.24, 2.45) is 5.41 Å². The molecule has 0 aliphatic carbocycles. The quantitative estimate of drug-likeness (QED) is 0.848. The minimum Gasteiger partial charge on any atom is -0.339 e. The summed E-state index contributed by atoms with van der Waals surface area (Å²) in [6, 6.07) is 7.82. The molecule has 0 atom stereocenters. The first-order valence-electron chi connectivity index (χ1n) is 6.30. The van der Waals surface area contributed by atoms with E-state index in [1.165, 1.54) is 0 Å². The van der Waals surface area contributed by atoms with Crippen molar-refractivity contribution in [3.8, 4) is 11.4 Å². The van der Waals surface area contributed by atoms with Gasteiger partial charge in [-0.3, -0.25) is 4.79 Å². The Labute approximate surface area is 112 Å². The van der Waals surface area contributed by atoms with E-state index in [0.717, 1.165) is 11.1 Å². The Bertz CT molecular complexity index is 594. The predicted octanol–water partition coefficient (Wildman–Crippen LogP) is 3.20. The number of nitrogens with zero attached hydrogens (tertiary/aromatic N) is 2. The van der Waals surface area contributed by atoms with Gasteiger partial charge in [0.15, 0.2) is 0 Å². The molecular formula is C15H18N2O2. The molecule has 2 aromatic rings. The largest absolute Gasteiger partial charge is 0.339 e. The maximum Gasteiger partial charge on any atom is 0.234 e. The van der Waals surface area contributed by atoms with Crippen molar-refractivity contribution in [3.63, 3.8) is 0 Å². The van der Waals surface area contributed by atoms with E-state index in [9.17, 15) is 4.79 Å². The summed E-state index contributed by atoms with van der Waals surface area (Å²) in [6.07, 6.45) is 0.183. The van der Waals surface area contributed by atoms with Crippen LogP contribution in [0.2, 0.25) is 0 Å². The Morgan fingerprint density at radius 2 is 1.95 bits per heavy atom. The van der Waals surface area contributed by atoms with E-state index < -0.39 is 5.41 Å². The van der Waals surface area contributed by atoms with Crippen LogP contribution in [0, 0.1) is 12.3 Å². The maximum absolute atomic E-state index is 11.9. The van der Waals surface area contributed by atoms with Gasteiger partial charge in [-0.2, -0.15) is 4.98 Å². The first-order chi connectivity index (χ1) is 8.88. The first-order valence-corrected chi connectivity index (χ1v) is 6.30. The molecule has 1 aromatic heterocycles. The minimum absolute atomic E-state index is 0.0903. The van der Waals surface area contributed by atoms with Gasteiger partial charge in [0, 0.05) is 11.0 Å². The number of benzene rings is 1. The van der Waals surface area contributed by atoms with E-state index in [2.05, 4.69) is 10.1 Å². The Hall–Kier alpha value is -1.97. The smallest absolute Gasteiger partial charge is 0.234 e. The minimum atomic E-state index is -0.392. The number of aryl methyl sites for hydroxylation is 1. The monoisotopic (exact) mass is 258 g/mol. The summed E-state index contributed by atoms with van der Waals surface area (Å²) in [5, 5.41) is 3.94. The molecule has 100 valence electrons. The molecule has 0 aliphatic heterocycles. The number of carbonyl (C=O) groups is 1. The first kappa shape index (κ1) is 13.5. The van der Waals surface area contributed by atoms with E-state index in [4.69, 9.17) is 4.52 Å². The molecule has 0 amide bonds. The lowest BCUT2D eigenvalue weighted by atomic mass is 9.89. The van der Waals surface area contributed by atoms with Crippen molar-refractivity contribution in [1.29, 1.82) is 0 Å². The molecule has 2 rings (SSSR count). The lowest BCUT2D eigenvalue weighted by Crippen LogP contribution is -2.22.